The van der Waals surface area contributed by atoms with Crippen LogP contribution in [0.4, 0.5) is 5.69 Å². The van der Waals surface area contributed by atoms with E-state index in [0.717, 1.165) is 43.9 Å². The molecule has 2 heterocycles. The summed E-state index contributed by atoms with van der Waals surface area (Å²) in [5.41, 5.74) is 0.743. The number of hydrogen-bond acceptors (Lipinski definition) is 4. The van der Waals surface area contributed by atoms with Crippen LogP contribution in [0.15, 0.2) is 24.3 Å². The summed E-state index contributed by atoms with van der Waals surface area (Å²) < 4.78 is 11.2. The summed E-state index contributed by atoms with van der Waals surface area (Å²) in [6.45, 7) is 2.38. The molecule has 0 aromatic heterocycles. The van der Waals surface area contributed by atoms with Crippen molar-refractivity contribution in [3.05, 3.63) is 24.3 Å². The van der Waals surface area contributed by atoms with Crippen LogP contribution in [0, 0.1) is 0 Å². The zero-order chi connectivity index (χ0) is 14.5. The van der Waals surface area contributed by atoms with E-state index in [0.29, 0.717) is 19.1 Å². The molecule has 0 saturated carbocycles. The van der Waals surface area contributed by atoms with Crippen molar-refractivity contribution < 1.29 is 14.3 Å². The Bertz CT molecular complexity index is 480. The first-order valence-electron chi connectivity index (χ1n) is 7.68. The second-order valence-corrected chi connectivity index (χ2v) is 5.65. The maximum absolute atomic E-state index is 12.1. The summed E-state index contributed by atoms with van der Waals surface area (Å²) >= 11 is 0. The van der Waals surface area contributed by atoms with Gasteiger partial charge in [-0.05, 0) is 31.5 Å². The van der Waals surface area contributed by atoms with Gasteiger partial charge in [-0.3, -0.25) is 4.79 Å². The molecule has 21 heavy (non-hydrogen) atoms. The van der Waals surface area contributed by atoms with Gasteiger partial charge in [0.15, 0.2) is 0 Å². The second kappa shape index (κ2) is 6.91. The summed E-state index contributed by atoms with van der Waals surface area (Å²) in [5.74, 6) is 0.758. The Morgan fingerprint density at radius 3 is 3.05 bits per heavy atom. The highest BCUT2D eigenvalue weighted by atomic mass is 16.5. The number of carbonyl (C=O) groups excluding carboxylic acids is 1. The van der Waals surface area contributed by atoms with Crippen molar-refractivity contribution in [1.29, 1.82) is 0 Å². The number of ether oxygens (including phenoxy) is 2. The van der Waals surface area contributed by atoms with Gasteiger partial charge in [-0.15, -0.1) is 0 Å². The largest absolute Gasteiger partial charge is 0.486 e. The van der Waals surface area contributed by atoms with Crippen molar-refractivity contribution in [1.82, 2.24) is 5.32 Å². The lowest BCUT2D eigenvalue weighted by Crippen LogP contribution is -2.27. The maximum atomic E-state index is 12.1. The summed E-state index contributed by atoms with van der Waals surface area (Å²) in [6, 6.07) is 7.90. The fraction of sp³-hybridized carbons (Fsp3) is 0.562. The van der Waals surface area contributed by atoms with Crippen LogP contribution in [0.5, 0.6) is 5.75 Å². The molecule has 114 valence electrons. The number of nitrogens with one attached hydrogen (secondary N) is 2. The molecule has 2 N–H and O–H groups in total. The second-order valence-electron chi connectivity index (χ2n) is 5.65. The number of anilines is 1. The molecule has 5 nitrogen and oxygen atoms in total. The van der Waals surface area contributed by atoms with Crippen LogP contribution in [0.25, 0.3) is 0 Å². The smallest absolute Gasteiger partial charge is 0.226 e. The standard InChI is InChI=1S/C16H22N2O3/c19-16(10-12-4-3-8-17-12)18-14-5-1-2-6-15(14)21-13-7-9-20-11-13/h1-2,5-6,12-13,17H,3-4,7-11H2,(H,18,19). The van der Waals surface area contributed by atoms with Crippen LogP contribution in [-0.4, -0.2) is 37.8 Å². The molecule has 0 bridgehead atoms. The Labute approximate surface area is 125 Å². The highest BCUT2D eigenvalue weighted by Gasteiger charge is 2.20. The Hall–Kier alpha value is -1.59. The van der Waals surface area contributed by atoms with Crippen LogP contribution in [0.2, 0.25) is 0 Å². The predicted octanol–water partition coefficient (Wildman–Crippen LogP) is 1.93. The van der Waals surface area contributed by atoms with E-state index in [1.165, 1.54) is 0 Å². The summed E-state index contributed by atoms with van der Waals surface area (Å²) in [5, 5.41) is 6.30. The third-order valence-corrected chi connectivity index (χ3v) is 3.94. The zero-order valence-corrected chi connectivity index (χ0v) is 12.1. The first kappa shape index (κ1) is 14.4. The van der Waals surface area contributed by atoms with Crippen molar-refractivity contribution in [3.8, 4) is 5.75 Å². The molecule has 2 saturated heterocycles. The zero-order valence-electron chi connectivity index (χ0n) is 12.1. The van der Waals surface area contributed by atoms with E-state index in [1.54, 1.807) is 0 Å². The lowest BCUT2D eigenvalue weighted by molar-refractivity contribution is -0.116. The van der Waals surface area contributed by atoms with Gasteiger partial charge >= 0.3 is 0 Å². The molecule has 0 radical (unpaired) electrons. The van der Waals surface area contributed by atoms with Crippen LogP contribution < -0.4 is 15.4 Å². The quantitative estimate of drug-likeness (QED) is 0.870. The summed E-state index contributed by atoms with van der Waals surface area (Å²) in [4.78, 5) is 12.1. The minimum absolute atomic E-state index is 0.0353. The first-order chi connectivity index (χ1) is 10.3. The molecule has 0 spiro atoms. The SMILES string of the molecule is O=C(CC1CCCN1)Nc1ccccc1OC1CCOC1. The highest BCUT2D eigenvalue weighted by Crippen LogP contribution is 2.27. The molecule has 2 aliphatic heterocycles. The molecule has 1 amide bonds. The van der Waals surface area contributed by atoms with Gasteiger partial charge in [0, 0.05) is 18.9 Å². The number of amides is 1. The van der Waals surface area contributed by atoms with Gasteiger partial charge < -0.3 is 20.1 Å². The van der Waals surface area contributed by atoms with Gasteiger partial charge in [0.05, 0.1) is 18.9 Å². The molecule has 2 atom stereocenters. The average molecular weight is 290 g/mol. The number of carbonyl (C=O) groups is 1. The molecule has 2 aliphatic rings. The number of para-hydroxylation sites is 2. The lowest BCUT2D eigenvalue weighted by atomic mass is 10.1. The number of rotatable bonds is 5. The molecule has 2 unspecified atom stereocenters. The molecule has 2 fully saturated rings. The van der Waals surface area contributed by atoms with Gasteiger partial charge in [-0.25, -0.2) is 0 Å². The average Bonchev–Trinajstić information content (AvgIpc) is 3.14. The monoisotopic (exact) mass is 290 g/mol. The topological polar surface area (TPSA) is 59.6 Å². The highest BCUT2D eigenvalue weighted by molar-refractivity contribution is 5.92. The van der Waals surface area contributed by atoms with Gasteiger partial charge in [0.25, 0.3) is 0 Å². The predicted molar refractivity (Wildman–Crippen MR) is 80.6 cm³/mol. The third-order valence-electron chi connectivity index (χ3n) is 3.94. The molecule has 1 aromatic carbocycles. The summed E-state index contributed by atoms with van der Waals surface area (Å²) in [7, 11) is 0. The van der Waals surface area contributed by atoms with Crippen molar-refractivity contribution in [2.45, 2.75) is 37.8 Å². The van der Waals surface area contributed by atoms with E-state index in [-0.39, 0.29) is 12.0 Å². The fourth-order valence-corrected chi connectivity index (χ4v) is 2.81. The third kappa shape index (κ3) is 3.95. The van der Waals surface area contributed by atoms with Crippen LogP contribution in [0.1, 0.15) is 25.7 Å². The van der Waals surface area contributed by atoms with E-state index in [9.17, 15) is 4.79 Å². The maximum Gasteiger partial charge on any atom is 0.226 e. The van der Waals surface area contributed by atoms with Crippen LogP contribution in [-0.2, 0) is 9.53 Å². The Kier molecular flexibility index (Phi) is 4.72. The Morgan fingerprint density at radius 2 is 2.29 bits per heavy atom. The van der Waals surface area contributed by atoms with Crippen molar-refractivity contribution in [3.63, 3.8) is 0 Å². The van der Waals surface area contributed by atoms with E-state index < -0.39 is 0 Å². The molecule has 3 rings (SSSR count). The lowest BCUT2D eigenvalue weighted by Gasteiger charge is -2.17. The molecular weight excluding hydrogens is 268 g/mol. The van der Waals surface area contributed by atoms with Gasteiger partial charge in [-0.2, -0.15) is 0 Å². The van der Waals surface area contributed by atoms with Gasteiger partial charge in [-0.1, -0.05) is 12.1 Å². The van der Waals surface area contributed by atoms with Crippen molar-refractivity contribution in [2.24, 2.45) is 0 Å². The van der Waals surface area contributed by atoms with Crippen molar-refractivity contribution in [2.75, 3.05) is 25.1 Å². The van der Waals surface area contributed by atoms with Crippen molar-refractivity contribution >= 4 is 11.6 Å². The van der Waals surface area contributed by atoms with Gasteiger partial charge in [0.1, 0.15) is 11.9 Å². The molecule has 1 aromatic rings. The number of benzene rings is 1. The summed E-state index contributed by atoms with van der Waals surface area (Å²) in [6.07, 6.45) is 3.72. The van der Waals surface area contributed by atoms with Crippen LogP contribution in [0.3, 0.4) is 0 Å². The minimum atomic E-state index is 0.0353. The van der Waals surface area contributed by atoms with E-state index in [2.05, 4.69) is 10.6 Å². The fourth-order valence-electron chi connectivity index (χ4n) is 2.81. The Morgan fingerprint density at radius 1 is 1.38 bits per heavy atom. The first-order valence-corrected chi connectivity index (χ1v) is 7.68. The van der Waals surface area contributed by atoms with Crippen LogP contribution >= 0.6 is 0 Å². The normalized spacial score (nSPS) is 25.0. The minimum Gasteiger partial charge on any atom is -0.486 e. The van der Waals surface area contributed by atoms with Gasteiger partial charge in [0.2, 0.25) is 5.91 Å². The molecule has 0 aliphatic carbocycles. The van der Waals surface area contributed by atoms with E-state index >= 15 is 0 Å². The van der Waals surface area contributed by atoms with E-state index in [4.69, 9.17) is 9.47 Å². The molecule has 5 heteroatoms. The number of hydrogen-bond donors (Lipinski definition) is 2. The molecular formula is C16H22N2O3. The Balaban J connectivity index is 1.59. The van der Waals surface area contributed by atoms with E-state index in [1.807, 2.05) is 24.3 Å².